The molecule has 0 unspecified atom stereocenters. The summed E-state index contributed by atoms with van der Waals surface area (Å²) in [5.74, 6) is 4.50. The van der Waals surface area contributed by atoms with Gasteiger partial charge in [0, 0.05) is 68.0 Å². The van der Waals surface area contributed by atoms with Gasteiger partial charge in [-0.1, -0.05) is 0 Å². The smallest absolute Gasteiger partial charge is 0.355 e. The summed E-state index contributed by atoms with van der Waals surface area (Å²) in [7, 11) is 0. The first-order valence-corrected chi connectivity index (χ1v) is 21.5. The maximum Gasteiger partial charge on any atom is 2.00 e. The molecule has 0 aromatic carbocycles. The van der Waals surface area contributed by atoms with Crippen LogP contribution < -0.4 is 0 Å². The molecule has 0 spiro atoms. The van der Waals surface area contributed by atoms with E-state index >= 15 is 0 Å². The van der Waals surface area contributed by atoms with Gasteiger partial charge in [0.15, 0.2) is 0 Å². The molecule has 10 aliphatic rings. The van der Waals surface area contributed by atoms with E-state index in [-0.39, 0.29) is 68.3 Å². The third kappa shape index (κ3) is 15.4. The summed E-state index contributed by atoms with van der Waals surface area (Å²) in [6.45, 7) is 0. The van der Waals surface area contributed by atoms with Gasteiger partial charge >= 0.3 is 68.3 Å². The van der Waals surface area contributed by atoms with Crippen LogP contribution in [0.15, 0.2) is 24.3 Å². The van der Waals surface area contributed by atoms with Crippen LogP contribution in [-0.4, -0.2) is 19.9 Å². The van der Waals surface area contributed by atoms with Gasteiger partial charge in [-0.3, -0.25) is 0 Å². The fourth-order valence-electron chi connectivity index (χ4n) is 7.87. The summed E-state index contributed by atoms with van der Waals surface area (Å²) in [4.78, 5) is 18.1. The first-order valence-electron chi connectivity index (χ1n) is 21.5. The van der Waals surface area contributed by atoms with Crippen LogP contribution in [0.1, 0.15) is 45.0 Å². The largest absolute Gasteiger partial charge is 2.00 e. The molecule has 3 aromatic rings. The third-order valence-electron chi connectivity index (χ3n) is 10.8. The molecule has 13 rings (SSSR count). The van der Waals surface area contributed by atoms with E-state index in [0.717, 1.165) is 90.8 Å². The number of hydrogen-bond donors (Lipinski definition) is 2. The number of H-pyrrole nitrogens is 2. The molecule has 8 aliphatic carbocycles. The van der Waals surface area contributed by atoms with E-state index in [1.165, 1.54) is 0 Å². The van der Waals surface area contributed by atoms with E-state index in [1.54, 1.807) is 0 Å². The molecule has 5 heterocycles. The summed E-state index contributed by atoms with van der Waals surface area (Å²) in [6, 6.07) is 8.70. The minimum absolute atomic E-state index is 0. The molecular weight excluding hydrogens is 1000 g/mol. The van der Waals surface area contributed by atoms with Gasteiger partial charge in [0.1, 0.15) is 0 Å². The quantitative estimate of drug-likeness (QED) is 0.176. The minimum Gasteiger partial charge on any atom is -0.355 e. The van der Waals surface area contributed by atoms with Gasteiger partial charge in [-0.05, 0) is 280 Å². The van der Waals surface area contributed by atoms with E-state index < -0.39 is 0 Å². The van der Waals surface area contributed by atoms with Gasteiger partial charge in [0.25, 0.3) is 0 Å². The molecule has 40 radical (unpaired) electrons. The van der Waals surface area contributed by atoms with Crippen molar-refractivity contribution in [3.05, 3.63) is 324 Å². The Morgan fingerprint density at radius 3 is 0.662 bits per heavy atom. The van der Waals surface area contributed by atoms with Crippen molar-refractivity contribution in [2.45, 2.75) is 0 Å². The molecule has 4 nitrogen and oxygen atoms in total. The van der Waals surface area contributed by atoms with Crippen LogP contribution in [0.4, 0.5) is 0 Å². The van der Waals surface area contributed by atoms with Gasteiger partial charge < -0.3 is 9.97 Å². The first kappa shape index (κ1) is 57.6. The van der Waals surface area contributed by atoms with Gasteiger partial charge in [0.05, 0.1) is 22.8 Å². The summed E-state index contributed by atoms with van der Waals surface area (Å²) in [5.41, 5.74) is 12.0. The zero-order chi connectivity index (χ0) is 43.2. The molecule has 0 atom stereocenters. The van der Waals surface area contributed by atoms with Crippen molar-refractivity contribution in [1.82, 2.24) is 19.9 Å². The van der Waals surface area contributed by atoms with Crippen molar-refractivity contribution in [3.63, 3.8) is 0 Å². The average molecular weight is 1050 g/mol. The second kappa shape index (κ2) is 30.7. The number of aromatic nitrogens is 4. The maximum absolute atomic E-state index is 5.28. The zero-order valence-electron chi connectivity index (χ0n) is 36.7. The summed E-state index contributed by atoms with van der Waals surface area (Å²) in [5, 5.41) is 0. The van der Waals surface area contributed by atoms with E-state index in [4.69, 9.17) is 9.97 Å². The predicted molar refractivity (Wildman–Crippen MR) is 263 cm³/mol. The molecule has 3 aromatic heterocycles. The van der Waals surface area contributed by atoms with Crippen LogP contribution in [0.25, 0.3) is 46.4 Å². The number of aromatic amines is 2. The molecule has 0 amide bonds. The summed E-state index contributed by atoms with van der Waals surface area (Å²) >= 11 is 0. The van der Waals surface area contributed by atoms with Crippen molar-refractivity contribution in [1.29, 1.82) is 0 Å². The molecule has 330 valence electrons. The number of fused-ring (bicyclic) bond motifs is 8. The SMILES string of the molecule is [CH]1[CH][CH][CH][CH]1.[CH]1[CH][CH][CH][CH]1.[CH]1[CH][CH][CH][CH]1.[CH]1[CH][CH][CH][CH]1.[CH]1[CH][CH][C](c2c3nc(c([C]4[CH][CH][CH][CH]4)c4ccc([nH]4)c([C]4[CH][CH][CH][CH]4)c4ccc([nH]4)c([C]4[CH][CH][CH][CH]4)c4nc2C=C4)C=C3)[CH]1.[Fe+2].[Fe+2].[Fe+2].[Fe+2]. The molecule has 8 heteroatoms. The Bertz CT molecular complexity index is 1960. The molecular formula is C60H46Fe4N4+8. The van der Waals surface area contributed by atoms with Crippen LogP contribution in [-0.2, 0) is 68.3 Å². The minimum atomic E-state index is 0. The molecule has 8 saturated carbocycles. The van der Waals surface area contributed by atoms with Crippen molar-refractivity contribution in [2.75, 3.05) is 0 Å². The second-order valence-electron chi connectivity index (χ2n) is 15.0. The average Bonchev–Trinajstić information content (AvgIpc) is 4.17. The van der Waals surface area contributed by atoms with Gasteiger partial charge in [0.2, 0.25) is 0 Å². The first-order chi connectivity index (χ1) is 31.8. The topological polar surface area (TPSA) is 57.4 Å². The fraction of sp³-hybridized carbons (Fsp3) is 0. The monoisotopic (exact) mass is 1050 g/mol. The second-order valence-corrected chi connectivity index (χ2v) is 15.0. The molecule has 2 N–H and O–H groups in total. The molecule has 8 fully saturated rings. The Labute approximate surface area is 455 Å². The maximum atomic E-state index is 5.28. The molecule has 8 bridgehead atoms. The van der Waals surface area contributed by atoms with Crippen molar-refractivity contribution >= 4 is 46.4 Å². The van der Waals surface area contributed by atoms with Gasteiger partial charge in [-0.15, -0.1) is 0 Å². The van der Waals surface area contributed by atoms with E-state index in [9.17, 15) is 0 Å². The third-order valence-corrected chi connectivity index (χ3v) is 10.8. The number of hydrogen-bond acceptors (Lipinski definition) is 2. The van der Waals surface area contributed by atoms with Crippen LogP contribution in [0.2, 0.25) is 0 Å². The van der Waals surface area contributed by atoms with Crippen molar-refractivity contribution < 1.29 is 68.3 Å². The van der Waals surface area contributed by atoms with E-state index in [2.05, 4.69) is 161 Å². The standard InChI is InChI=1S/C40H26N4.4C5H5.4Fe/c1-2-10-25(9-1)37-29-17-19-31(41-29)38(26-11-3-4-12-26)33-21-23-35(43-33)40(28-15-7-8-16-28)36-24-22-34(44-36)39(27-13-5-6-14-27)32-20-18-30(37)42-32;4*1-2-4-5-3-1;;;;/h1-24,41-42H;4*1-5H;;;;/q;;;;;4*+2. The van der Waals surface area contributed by atoms with Gasteiger partial charge in [-0.25, -0.2) is 9.97 Å². The Balaban J connectivity index is 0.000000298. The van der Waals surface area contributed by atoms with Gasteiger partial charge in [-0.2, -0.15) is 0 Å². The summed E-state index contributed by atoms with van der Waals surface area (Å²) < 4.78 is 0. The predicted octanol–water partition coefficient (Wildman–Crippen LogP) is 11.7. The van der Waals surface area contributed by atoms with Crippen molar-refractivity contribution in [2.24, 2.45) is 0 Å². The zero-order valence-corrected chi connectivity index (χ0v) is 41.1. The number of nitrogens with zero attached hydrogens (tertiary/aromatic N) is 2. The van der Waals surface area contributed by atoms with Crippen LogP contribution in [0.5, 0.6) is 0 Å². The normalized spacial score (nSPS) is 20.9. The van der Waals surface area contributed by atoms with Crippen LogP contribution in [0.3, 0.4) is 0 Å². The molecule has 0 saturated heterocycles. The Morgan fingerprint density at radius 1 is 0.221 bits per heavy atom. The molecule has 2 aliphatic heterocycles. The number of nitrogens with one attached hydrogen (secondary N) is 2. The Morgan fingerprint density at radius 2 is 0.412 bits per heavy atom. The van der Waals surface area contributed by atoms with Crippen molar-refractivity contribution in [3.8, 4) is 0 Å². The summed E-state index contributed by atoms with van der Waals surface area (Å²) in [6.07, 6.45) is 82.3. The Hall–Kier alpha value is -1.32. The fourth-order valence-corrected chi connectivity index (χ4v) is 7.87. The number of rotatable bonds is 4. The van der Waals surface area contributed by atoms with Crippen LogP contribution in [0, 0.1) is 255 Å². The van der Waals surface area contributed by atoms with E-state index in [0.29, 0.717) is 0 Å². The van der Waals surface area contributed by atoms with Crippen LogP contribution >= 0.6 is 0 Å². The Kier molecular flexibility index (Phi) is 26.0. The molecule has 68 heavy (non-hydrogen) atoms. The van der Waals surface area contributed by atoms with E-state index in [1.807, 2.05) is 128 Å².